The monoisotopic (exact) mass is 898 g/mol. The van der Waals surface area contributed by atoms with Crippen LogP contribution in [0, 0.1) is 0 Å². The van der Waals surface area contributed by atoms with Gasteiger partial charge in [-0.05, 0) is 0 Å². The first-order chi connectivity index (χ1) is 21.4. The van der Waals surface area contributed by atoms with Crippen molar-refractivity contribution in [2.75, 3.05) is 42.3 Å². The molecule has 13 N–H and O–H groups in total. The second-order valence-corrected chi connectivity index (χ2v) is 17.9. The smallest absolute Gasteiger partial charge is 0.299 e. The number of hydrogen-bond donors (Lipinski definition) is 13. The van der Waals surface area contributed by atoms with Crippen molar-refractivity contribution >= 4 is 66.4 Å². The van der Waals surface area contributed by atoms with Crippen molar-refractivity contribution < 1.29 is 116 Å². The Labute approximate surface area is 278 Å². The van der Waals surface area contributed by atoms with Crippen LogP contribution in [0.15, 0.2) is 18.2 Å². The molecule has 25 nitrogen and oxygen atoms in total. The van der Waals surface area contributed by atoms with Crippen LogP contribution in [0.25, 0.3) is 11.0 Å². The van der Waals surface area contributed by atoms with Crippen LogP contribution >= 0.6 is 55.4 Å². The van der Waals surface area contributed by atoms with Gasteiger partial charge in [0.1, 0.15) is 0 Å². The first kappa shape index (κ1) is 58.5. The predicted octanol–water partition coefficient (Wildman–Crippen LogP) is 1.72. The number of halogens is 6. The summed E-state index contributed by atoms with van der Waals surface area (Å²) in [5.41, 5.74) is 1.64. The number of fused-ring (bicyclic) bond motifs is 1. The fourth-order valence-electron chi connectivity index (χ4n) is 2.55. The summed E-state index contributed by atoms with van der Waals surface area (Å²) in [5, 5.41) is 10.8. The Bertz CT molecular complexity index is 1300. The van der Waals surface area contributed by atoms with Crippen molar-refractivity contribution in [1.29, 1.82) is 0 Å². The third kappa shape index (κ3) is 56.6. The van der Waals surface area contributed by atoms with Gasteiger partial charge in [0.15, 0.2) is 0 Å². The number of nitrogens with zero attached hydrogens (tertiary/aromatic N) is 5. The fourth-order valence-corrected chi connectivity index (χ4v) is 5.96. The van der Waals surface area contributed by atoms with Crippen molar-refractivity contribution in [2.24, 2.45) is 0 Å². The van der Waals surface area contributed by atoms with Crippen LogP contribution in [0.1, 0.15) is 0 Å². The molecule has 0 aliphatic rings. The number of hydrogen-bond acceptors (Lipinski definition) is 12. The molecular formula is C12H35F6N6O19P7. The van der Waals surface area contributed by atoms with Gasteiger partial charge in [0.25, 0.3) is 0 Å². The Morgan fingerprint density at radius 2 is 0.800 bits per heavy atom. The summed E-state index contributed by atoms with van der Waals surface area (Å²) in [6.45, 7) is 0. The second kappa shape index (κ2) is 24.5. The molecule has 0 saturated carbocycles. The summed E-state index contributed by atoms with van der Waals surface area (Å²) < 4.78 is 127. The van der Waals surface area contributed by atoms with Gasteiger partial charge in [0, 0.05) is 0 Å². The van der Waals surface area contributed by atoms with Crippen LogP contribution in [-0.4, -0.2) is 130 Å². The van der Waals surface area contributed by atoms with E-state index in [4.69, 9.17) is 90.6 Å². The van der Waals surface area contributed by atoms with Crippen molar-refractivity contribution in [3.05, 3.63) is 18.2 Å². The van der Waals surface area contributed by atoms with Crippen molar-refractivity contribution in [1.82, 2.24) is 29.4 Å². The zero-order chi connectivity index (χ0) is 41.9. The maximum absolute atomic E-state index is 10.4. The topological polar surface area (TPSA) is 406 Å². The van der Waals surface area contributed by atoms with E-state index < -0.39 is 55.4 Å². The molecule has 0 bridgehead atoms. The number of benzene rings is 1. The fraction of sp³-hybridized carbons (Fsp3) is 0.500. The minimum atomic E-state index is -5.14. The molecule has 2 aromatic rings. The molecule has 1 aromatic carbocycles. The summed E-state index contributed by atoms with van der Waals surface area (Å²) in [6.07, 6.45) is 0. The van der Waals surface area contributed by atoms with Crippen molar-refractivity contribution in [3.8, 4) is 5.75 Å². The molecule has 38 heteroatoms. The van der Waals surface area contributed by atoms with Gasteiger partial charge in [-0.25, -0.2) is 27.4 Å². The molecule has 2 rings (SSSR count). The molecule has 0 unspecified atom stereocenters. The van der Waals surface area contributed by atoms with Crippen LogP contribution in [0.4, 0.5) is 25.2 Å². The third-order valence-electron chi connectivity index (χ3n) is 3.31. The quantitative estimate of drug-likeness (QED) is 0.150. The minimum absolute atomic E-state index is 0.749. The molecule has 0 spiro atoms. The Morgan fingerprint density at radius 3 is 1.02 bits per heavy atom. The minimum Gasteiger partial charge on any atom is -0.299 e. The molecule has 0 saturated heterocycles. The van der Waals surface area contributed by atoms with Crippen LogP contribution in [0.3, 0.4) is 0 Å². The maximum atomic E-state index is 10.4. The van der Waals surface area contributed by atoms with E-state index in [-0.39, 0.29) is 0 Å². The summed E-state index contributed by atoms with van der Waals surface area (Å²) in [5.74, 6) is 0.749. The van der Waals surface area contributed by atoms with Crippen molar-refractivity contribution in [2.45, 2.75) is 0 Å². The molecule has 1 heterocycles. The van der Waals surface area contributed by atoms with Crippen LogP contribution in [0.5, 0.6) is 5.75 Å². The molecule has 1 aromatic heterocycles. The number of aromatic nitrogens is 3. The van der Waals surface area contributed by atoms with Crippen LogP contribution in [0.2, 0.25) is 0 Å². The summed E-state index contributed by atoms with van der Waals surface area (Å²) in [4.78, 5) is 83.6. The van der Waals surface area contributed by atoms with E-state index in [9.17, 15) is 25.2 Å². The van der Waals surface area contributed by atoms with E-state index in [1.807, 2.05) is 60.5 Å². The van der Waals surface area contributed by atoms with Gasteiger partial charge in [0.05, 0.1) is 0 Å². The zero-order valence-electron chi connectivity index (χ0n) is 25.6. The Hall–Kier alpha value is -0.790. The molecule has 0 fully saturated rings. The molecule has 0 amide bonds. The van der Waals surface area contributed by atoms with Gasteiger partial charge in [-0.1, -0.05) is 0 Å². The Kier molecular flexibility index (Phi) is 28.7. The predicted molar refractivity (Wildman–Crippen MR) is 163 cm³/mol. The average Bonchev–Trinajstić information content (AvgIpc) is 3.19. The van der Waals surface area contributed by atoms with Crippen LogP contribution in [-0.2, 0) is 27.4 Å². The molecule has 0 aliphatic carbocycles. The number of rotatable bonds is 5. The van der Waals surface area contributed by atoms with Gasteiger partial charge >= 0.3 is 167 Å². The Balaban J connectivity index is -0.000000185. The molecular weight excluding hydrogens is 863 g/mol. The summed E-state index contributed by atoms with van der Waals surface area (Å²) in [6, 6.07) is 5.81. The molecule has 50 heavy (non-hydrogen) atoms. The maximum Gasteiger partial charge on any atom is 0.507 e. The van der Waals surface area contributed by atoms with Crippen LogP contribution < -0.4 is 4.52 Å². The van der Waals surface area contributed by atoms with Gasteiger partial charge in [0.2, 0.25) is 0 Å². The van der Waals surface area contributed by atoms with E-state index in [2.05, 4.69) is 29.4 Å². The van der Waals surface area contributed by atoms with E-state index in [0.29, 0.717) is 0 Å². The van der Waals surface area contributed by atoms with Gasteiger partial charge < -0.3 is 0 Å². The van der Waals surface area contributed by atoms with E-state index in [0.717, 1.165) is 16.8 Å². The van der Waals surface area contributed by atoms with E-state index in [1.54, 1.807) is 0 Å². The van der Waals surface area contributed by atoms with Crippen molar-refractivity contribution in [3.63, 3.8) is 0 Å². The number of H-pyrrole nitrogens is 1. The molecule has 304 valence electrons. The molecule has 0 radical (unpaired) electrons. The first-order valence-corrected chi connectivity index (χ1v) is 21.7. The Morgan fingerprint density at radius 1 is 0.560 bits per heavy atom. The van der Waals surface area contributed by atoms with Gasteiger partial charge in [-0.3, -0.25) is 58.7 Å². The molecule has 0 aliphatic heterocycles. The summed E-state index contributed by atoms with van der Waals surface area (Å²) >= 11 is 0. The van der Waals surface area contributed by atoms with Gasteiger partial charge in [-0.15, -0.1) is 25.2 Å². The van der Waals surface area contributed by atoms with E-state index in [1.165, 1.54) is 0 Å². The summed E-state index contributed by atoms with van der Waals surface area (Å²) in [7, 11) is -21.1. The number of nitrogens with one attached hydrogen (secondary N) is 1. The number of aromatic amines is 1. The average molecular weight is 898 g/mol. The normalized spacial score (nSPS) is 12.5. The van der Waals surface area contributed by atoms with Gasteiger partial charge in [-0.2, -0.15) is 0 Å². The largest absolute Gasteiger partial charge is 0.507 e. The van der Waals surface area contributed by atoms with E-state index >= 15 is 0 Å². The SMILES string of the molecule is CN(C)[PH](Oc1cccc2[nH]nnc12)(N(C)C)N(C)C.O=P(O)(O)F.O=P(O)(O)F.O=P(O)(O)F.O=P(O)(O)F.O=P(O)(O)F.O=P(O)(O)F. The zero-order valence-corrected chi connectivity index (χ0v) is 32.0. The second-order valence-electron chi connectivity index (χ2n) is 8.16. The third-order valence-corrected chi connectivity index (χ3v) is 7.30. The molecule has 0 atom stereocenters. The standard InChI is InChI=1S/C12H23N6OP.6FH2O3P/c1-16(2)20(17(3)4,18(5)6)19-11-9-7-8-10-12(11)14-15-13-10;6*1-5(2,3)4/h7-9,20H,1-6H3,(H,13,14,15);6*(H2,2,3,4). The first-order valence-electron chi connectivity index (χ1n) is 10.9.